The van der Waals surface area contributed by atoms with Crippen LogP contribution in [0.5, 0.6) is 0 Å². The van der Waals surface area contributed by atoms with Crippen molar-refractivity contribution in [3.05, 3.63) is 34.3 Å². The molecule has 29 heavy (non-hydrogen) atoms. The number of carbonyl (C=O) groups excluding carboxylic acids is 4. The number of Topliss-reactive ketones (excluding diaryl/α,β-unsaturated/α-hetero) is 1. The van der Waals surface area contributed by atoms with E-state index >= 15 is 0 Å². The molecule has 0 unspecified atom stereocenters. The van der Waals surface area contributed by atoms with Crippen molar-refractivity contribution >= 4 is 39.5 Å². The number of likely N-dealkylation sites (tertiary alicyclic amines) is 1. The second-order valence-corrected chi connectivity index (χ2v) is 9.57. The molecule has 4 rings (SSSR count). The summed E-state index contributed by atoms with van der Waals surface area (Å²) in [4.78, 5) is 52.4. The van der Waals surface area contributed by atoms with Gasteiger partial charge in [-0.05, 0) is 49.1 Å². The molecule has 1 aliphatic heterocycles. The summed E-state index contributed by atoms with van der Waals surface area (Å²) in [5, 5.41) is 0. The number of ketones is 1. The van der Waals surface area contributed by atoms with E-state index < -0.39 is 18.6 Å². The van der Waals surface area contributed by atoms with E-state index in [0.29, 0.717) is 5.56 Å². The molecule has 2 aliphatic carbocycles. The van der Waals surface area contributed by atoms with Crippen LogP contribution < -0.4 is 0 Å². The van der Waals surface area contributed by atoms with Gasteiger partial charge in [-0.2, -0.15) is 0 Å². The van der Waals surface area contributed by atoms with Gasteiger partial charge in [0.05, 0.1) is 11.8 Å². The van der Waals surface area contributed by atoms with Crippen LogP contribution in [-0.4, -0.2) is 41.1 Å². The van der Waals surface area contributed by atoms with Gasteiger partial charge < -0.3 is 4.74 Å². The Balaban J connectivity index is 1.47. The highest BCUT2D eigenvalue weighted by Crippen LogP contribution is 2.56. The lowest BCUT2D eigenvalue weighted by molar-refractivity contribution is -0.160. The Kier molecular flexibility index (Phi) is 5.36. The molecule has 2 amide bonds. The van der Waals surface area contributed by atoms with Crippen molar-refractivity contribution in [1.29, 1.82) is 0 Å². The molecule has 3 fully saturated rings. The summed E-state index contributed by atoms with van der Waals surface area (Å²) in [6.07, 6.45) is 2.91. The summed E-state index contributed by atoms with van der Waals surface area (Å²) in [6.45, 7) is 3.15. The van der Waals surface area contributed by atoms with Crippen LogP contribution in [0, 0.1) is 29.6 Å². The maximum atomic E-state index is 13.1. The van der Waals surface area contributed by atoms with Gasteiger partial charge in [-0.15, -0.1) is 0 Å². The predicted octanol–water partition coefficient (Wildman–Crippen LogP) is 3.23. The first-order chi connectivity index (χ1) is 13.8. The number of halogens is 1. The number of ether oxygens (including phenoxy) is 1. The summed E-state index contributed by atoms with van der Waals surface area (Å²) in [7, 11) is 0. The Hall–Kier alpha value is -2.02. The fourth-order valence-electron chi connectivity index (χ4n) is 5.32. The topological polar surface area (TPSA) is 80.8 Å². The van der Waals surface area contributed by atoms with Crippen LogP contribution in [0.3, 0.4) is 0 Å². The van der Waals surface area contributed by atoms with Gasteiger partial charge in [-0.1, -0.05) is 41.9 Å². The molecule has 5 atom stereocenters. The molecule has 2 saturated carbocycles. The van der Waals surface area contributed by atoms with E-state index in [4.69, 9.17) is 4.74 Å². The maximum Gasteiger partial charge on any atom is 0.330 e. The minimum atomic E-state index is -0.988. The van der Waals surface area contributed by atoms with Gasteiger partial charge in [0.1, 0.15) is 6.04 Å². The normalized spacial score (nSPS) is 28.8. The van der Waals surface area contributed by atoms with Crippen molar-refractivity contribution in [2.24, 2.45) is 29.6 Å². The van der Waals surface area contributed by atoms with Gasteiger partial charge in [0, 0.05) is 10.0 Å². The number of esters is 1. The number of carbonyl (C=O) groups is 4. The van der Waals surface area contributed by atoms with Crippen LogP contribution in [0.1, 0.15) is 43.5 Å². The molecule has 0 spiro atoms. The van der Waals surface area contributed by atoms with Crippen molar-refractivity contribution in [3.8, 4) is 0 Å². The zero-order valence-electron chi connectivity index (χ0n) is 16.5. The lowest BCUT2D eigenvalue weighted by Gasteiger charge is -2.28. The molecule has 7 heteroatoms. The van der Waals surface area contributed by atoms with E-state index in [-0.39, 0.29) is 47.2 Å². The second kappa shape index (κ2) is 7.67. The number of hydrogen-bond acceptors (Lipinski definition) is 5. The number of amides is 2. The molecule has 154 valence electrons. The van der Waals surface area contributed by atoms with E-state index in [0.717, 1.165) is 28.6 Å². The van der Waals surface area contributed by atoms with Crippen molar-refractivity contribution in [2.45, 2.75) is 39.2 Å². The van der Waals surface area contributed by atoms with E-state index in [1.54, 1.807) is 38.1 Å². The van der Waals surface area contributed by atoms with Crippen LogP contribution in [-0.2, 0) is 19.1 Å². The van der Waals surface area contributed by atoms with Crippen molar-refractivity contribution < 1.29 is 23.9 Å². The van der Waals surface area contributed by atoms with E-state index in [1.165, 1.54) is 0 Å². The average Bonchev–Trinajstić information content (AvgIpc) is 3.36. The van der Waals surface area contributed by atoms with Gasteiger partial charge in [0.2, 0.25) is 11.8 Å². The Morgan fingerprint density at radius 3 is 2.14 bits per heavy atom. The smallest absolute Gasteiger partial charge is 0.330 e. The summed E-state index contributed by atoms with van der Waals surface area (Å²) in [5.74, 6) is -1.83. The fraction of sp³-hybridized carbons (Fsp3) is 0.545. The first-order valence-corrected chi connectivity index (χ1v) is 10.9. The molecule has 2 bridgehead atoms. The molecular weight excluding hydrogens is 438 g/mol. The first kappa shape index (κ1) is 20.3. The Morgan fingerprint density at radius 2 is 1.62 bits per heavy atom. The number of imide groups is 1. The zero-order chi connectivity index (χ0) is 20.9. The summed E-state index contributed by atoms with van der Waals surface area (Å²) < 4.78 is 6.11. The van der Waals surface area contributed by atoms with Crippen LogP contribution in [0.25, 0.3) is 0 Å². The van der Waals surface area contributed by atoms with Gasteiger partial charge in [0.15, 0.2) is 12.4 Å². The Morgan fingerprint density at radius 1 is 1.07 bits per heavy atom. The molecule has 0 aromatic heterocycles. The summed E-state index contributed by atoms with van der Waals surface area (Å²) in [5.41, 5.74) is 0.432. The predicted molar refractivity (Wildman–Crippen MR) is 108 cm³/mol. The van der Waals surface area contributed by atoms with E-state index in [2.05, 4.69) is 15.9 Å². The lowest BCUT2D eigenvalue weighted by Crippen LogP contribution is -2.50. The second-order valence-electron chi connectivity index (χ2n) is 8.66. The van der Waals surface area contributed by atoms with Gasteiger partial charge in [-0.25, -0.2) is 4.79 Å². The zero-order valence-corrected chi connectivity index (χ0v) is 18.1. The summed E-state index contributed by atoms with van der Waals surface area (Å²) >= 11 is 3.31. The third-order valence-electron chi connectivity index (χ3n) is 6.62. The maximum absolute atomic E-state index is 13.1. The molecule has 1 aromatic carbocycles. The van der Waals surface area contributed by atoms with Gasteiger partial charge >= 0.3 is 5.97 Å². The van der Waals surface area contributed by atoms with Crippen molar-refractivity contribution in [1.82, 2.24) is 4.90 Å². The third-order valence-corrected chi connectivity index (χ3v) is 7.15. The van der Waals surface area contributed by atoms with E-state index in [1.807, 2.05) is 0 Å². The molecule has 0 radical (unpaired) electrons. The van der Waals surface area contributed by atoms with Crippen LogP contribution in [0.15, 0.2) is 28.7 Å². The average molecular weight is 462 g/mol. The molecule has 3 aliphatic rings. The molecule has 1 saturated heterocycles. The number of fused-ring (bicyclic) bond motifs is 5. The van der Waals surface area contributed by atoms with Crippen LogP contribution >= 0.6 is 15.9 Å². The highest BCUT2D eigenvalue weighted by molar-refractivity contribution is 9.10. The standard InChI is InChI=1S/C22H24BrNO5/c1-11(2)19(22(28)29-10-16(25)12-5-7-15(23)8-6-12)24-20(26)17-13-3-4-14(9-13)18(17)21(24)27/h5-8,11,13-14,17-19H,3-4,9-10H2,1-2H3/t13-,14-,17-,18+,19+/m0/s1. The monoisotopic (exact) mass is 461 g/mol. The third kappa shape index (κ3) is 3.43. The quantitative estimate of drug-likeness (QED) is 0.369. The number of nitrogens with zero attached hydrogens (tertiary/aromatic N) is 1. The highest BCUT2D eigenvalue weighted by Gasteiger charge is 2.62. The number of hydrogen-bond donors (Lipinski definition) is 0. The minimum Gasteiger partial charge on any atom is -0.456 e. The largest absolute Gasteiger partial charge is 0.456 e. The number of benzene rings is 1. The molecule has 0 N–H and O–H groups in total. The molecule has 1 heterocycles. The van der Waals surface area contributed by atoms with Gasteiger partial charge in [-0.3, -0.25) is 19.3 Å². The van der Waals surface area contributed by atoms with Crippen LogP contribution in [0.4, 0.5) is 0 Å². The summed E-state index contributed by atoms with van der Waals surface area (Å²) in [6, 6.07) is 5.77. The Bertz CT molecular complexity index is 836. The van der Waals surface area contributed by atoms with Crippen molar-refractivity contribution in [2.75, 3.05) is 6.61 Å². The van der Waals surface area contributed by atoms with E-state index in [9.17, 15) is 19.2 Å². The SMILES string of the molecule is CC(C)[C@H](C(=O)OCC(=O)c1ccc(Br)cc1)N1C(=O)[C@@H]2[C@H]3CC[C@@H](C3)[C@@H]2C1=O. The Labute approximate surface area is 178 Å². The molecule has 1 aromatic rings. The lowest BCUT2D eigenvalue weighted by atomic mass is 9.81. The van der Waals surface area contributed by atoms with Gasteiger partial charge in [0.25, 0.3) is 0 Å². The first-order valence-electron chi connectivity index (χ1n) is 10.1. The number of rotatable bonds is 6. The molecular formula is C22H24BrNO5. The van der Waals surface area contributed by atoms with Crippen molar-refractivity contribution in [3.63, 3.8) is 0 Å². The molecule has 6 nitrogen and oxygen atoms in total. The van der Waals surface area contributed by atoms with Crippen LogP contribution in [0.2, 0.25) is 0 Å². The highest BCUT2D eigenvalue weighted by atomic mass is 79.9. The fourth-order valence-corrected chi connectivity index (χ4v) is 5.59. The minimum absolute atomic E-state index is 0.234.